The van der Waals surface area contributed by atoms with E-state index < -0.39 is 22.4 Å². The molecule has 27 heavy (non-hydrogen) atoms. The normalized spacial score (nSPS) is 11.7. The van der Waals surface area contributed by atoms with Crippen LogP contribution in [0.1, 0.15) is 12.5 Å². The van der Waals surface area contributed by atoms with Crippen molar-refractivity contribution >= 4 is 22.7 Å². The lowest BCUT2D eigenvalue weighted by Gasteiger charge is -2.21. The number of likely N-dealkylation sites (N-methyl/N-ethyl adjacent to an activating group) is 1. The molecular formula is C17H17F3N4O3. The molecule has 0 unspecified atom stereocenters. The number of nitro groups is 1. The van der Waals surface area contributed by atoms with Crippen molar-refractivity contribution in [3.8, 4) is 0 Å². The summed E-state index contributed by atoms with van der Waals surface area (Å²) >= 11 is 0. The maximum absolute atomic E-state index is 13.0. The molecule has 0 radical (unpaired) electrons. The Balaban J connectivity index is 2.24. The third kappa shape index (κ3) is 5.23. The van der Waals surface area contributed by atoms with Crippen LogP contribution in [0.5, 0.6) is 0 Å². The summed E-state index contributed by atoms with van der Waals surface area (Å²) in [5.41, 5.74) is -1.28. The molecule has 0 amide bonds. The van der Waals surface area contributed by atoms with Crippen molar-refractivity contribution in [2.24, 2.45) is 10.2 Å². The third-order valence-electron chi connectivity index (χ3n) is 3.73. The fourth-order valence-electron chi connectivity index (χ4n) is 2.41. The minimum absolute atomic E-state index is 0.0109. The van der Waals surface area contributed by atoms with Crippen LogP contribution in [0.2, 0.25) is 0 Å². The Morgan fingerprint density at radius 3 is 2.22 bits per heavy atom. The zero-order valence-electron chi connectivity index (χ0n) is 14.3. The van der Waals surface area contributed by atoms with E-state index in [4.69, 9.17) is 5.11 Å². The predicted molar refractivity (Wildman–Crippen MR) is 93.7 cm³/mol. The van der Waals surface area contributed by atoms with Gasteiger partial charge in [-0.05, 0) is 43.3 Å². The summed E-state index contributed by atoms with van der Waals surface area (Å²) in [5.74, 6) is 0. The van der Waals surface area contributed by atoms with E-state index in [1.54, 1.807) is 24.3 Å². The molecule has 0 aromatic heterocycles. The highest BCUT2D eigenvalue weighted by Crippen LogP contribution is 2.38. The van der Waals surface area contributed by atoms with Gasteiger partial charge in [-0.3, -0.25) is 10.1 Å². The van der Waals surface area contributed by atoms with Crippen LogP contribution in [-0.2, 0) is 6.18 Å². The highest BCUT2D eigenvalue weighted by Gasteiger charge is 2.38. The summed E-state index contributed by atoms with van der Waals surface area (Å²) in [6.07, 6.45) is -4.87. The number of nitrogens with zero attached hydrogens (tertiary/aromatic N) is 4. The van der Waals surface area contributed by atoms with Gasteiger partial charge < -0.3 is 10.0 Å². The number of hydrogen-bond acceptors (Lipinski definition) is 6. The fourth-order valence-corrected chi connectivity index (χ4v) is 2.41. The molecule has 2 aromatic carbocycles. The lowest BCUT2D eigenvalue weighted by molar-refractivity contribution is -0.388. The van der Waals surface area contributed by atoms with E-state index in [1.165, 1.54) is 0 Å². The zero-order valence-corrected chi connectivity index (χ0v) is 14.3. The largest absolute Gasteiger partial charge is 0.423 e. The minimum Gasteiger partial charge on any atom is -0.395 e. The van der Waals surface area contributed by atoms with Crippen molar-refractivity contribution in [2.45, 2.75) is 13.1 Å². The molecule has 0 spiro atoms. The van der Waals surface area contributed by atoms with Gasteiger partial charge in [0.15, 0.2) is 0 Å². The monoisotopic (exact) mass is 382 g/mol. The van der Waals surface area contributed by atoms with Gasteiger partial charge in [-0.1, -0.05) is 0 Å². The van der Waals surface area contributed by atoms with E-state index in [9.17, 15) is 23.3 Å². The molecular weight excluding hydrogens is 365 g/mol. The maximum Gasteiger partial charge on any atom is 0.423 e. The van der Waals surface area contributed by atoms with Gasteiger partial charge in [-0.15, -0.1) is 0 Å². The second-order valence-electron chi connectivity index (χ2n) is 5.48. The molecule has 144 valence electrons. The summed E-state index contributed by atoms with van der Waals surface area (Å²) < 4.78 is 38.9. The number of rotatable bonds is 7. The molecule has 0 atom stereocenters. The van der Waals surface area contributed by atoms with E-state index >= 15 is 0 Å². The molecule has 2 rings (SSSR count). The average Bonchev–Trinajstić information content (AvgIpc) is 2.64. The summed E-state index contributed by atoms with van der Waals surface area (Å²) in [4.78, 5) is 11.6. The molecule has 0 bridgehead atoms. The Labute approximate surface area is 152 Å². The van der Waals surface area contributed by atoms with Crippen LogP contribution in [0.25, 0.3) is 0 Å². The lowest BCUT2D eigenvalue weighted by atomic mass is 10.1. The van der Waals surface area contributed by atoms with Gasteiger partial charge in [0.05, 0.1) is 22.9 Å². The van der Waals surface area contributed by atoms with Crippen molar-refractivity contribution in [3.05, 3.63) is 58.1 Å². The number of anilines is 1. The van der Waals surface area contributed by atoms with Crippen LogP contribution in [0.3, 0.4) is 0 Å². The van der Waals surface area contributed by atoms with Crippen molar-refractivity contribution in [2.75, 3.05) is 24.6 Å². The summed E-state index contributed by atoms with van der Waals surface area (Å²) in [6, 6.07) is 9.23. The quantitative estimate of drug-likeness (QED) is 0.421. The molecule has 0 saturated carbocycles. The molecule has 0 aliphatic rings. The van der Waals surface area contributed by atoms with Crippen molar-refractivity contribution in [1.29, 1.82) is 0 Å². The molecule has 7 nitrogen and oxygen atoms in total. The van der Waals surface area contributed by atoms with E-state index in [-0.39, 0.29) is 12.3 Å². The summed E-state index contributed by atoms with van der Waals surface area (Å²) in [7, 11) is 0. The molecule has 0 heterocycles. The number of azo groups is 1. The predicted octanol–water partition coefficient (Wildman–Crippen LogP) is 4.85. The van der Waals surface area contributed by atoms with Crippen LogP contribution >= 0.6 is 0 Å². The first kappa shape index (κ1) is 20.3. The topological polar surface area (TPSA) is 91.3 Å². The minimum atomic E-state index is -4.87. The van der Waals surface area contributed by atoms with Crippen LogP contribution < -0.4 is 4.90 Å². The number of aliphatic hydroxyl groups excluding tert-OH is 1. The molecule has 0 aliphatic heterocycles. The standard InChI is InChI=1S/C17H17F3N4O3/c1-2-23(9-10-25)14-6-3-12(4-7-14)21-22-13-5-8-16(24(26)27)15(11-13)17(18,19)20/h3-8,11,25H,2,9-10H2,1H3. The van der Waals surface area contributed by atoms with Crippen molar-refractivity contribution in [1.82, 2.24) is 0 Å². The molecule has 10 heteroatoms. The van der Waals surface area contributed by atoms with Crippen LogP contribution in [-0.4, -0.2) is 29.7 Å². The smallest absolute Gasteiger partial charge is 0.395 e. The van der Waals surface area contributed by atoms with Crippen molar-refractivity contribution < 1.29 is 23.2 Å². The Morgan fingerprint density at radius 1 is 1.11 bits per heavy atom. The number of benzene rings is 2. The van der Waals surface area contributed by atoms with Crippen molar-refractivity contribution in [3.63, 3.8) is 0 Å². The van der Waals surface area contributed by atoms with E-state index in [2.05, 4.69) is 10.2 Å². The van der Waals surface area contributed by atoms with Gasteiger partial charge in [0.1, 0.15) is 5.56 Å². The fraction of sp³-hybridized carbons (Fsp3) is 0.294. The number of hydrogen-bond donors (Lipinski definition) is 1. The van der Waals surface area contributed by atoms with Gasteiger partial charge in [0.2, 0.25) is 0 Å². The van der Waals surface area contributed by atoms with Gasteiger partial charge in [0.25, 0.3) is 5.69 Å². The Morgan fingerprint density at radius 2 is 1.70 bits per heavy atom. The highest BCUT2D eigenvalue weighted by molar-refractivity contribution is 5.54. The number of aliphatic hydroxyl groups is 1. The number of halogens is 3. The van der Waals surface area contributed by atoms with E-state index in [0.717, 1.165) is 17.8 Å². The average molecular weight is 382 g/mol. The second-order valence-corrected chi connectivity index (χ2v) is 5.48. The first-order valence-electron chi connectivity index (χ1n) is 7.99. The van der Waals surface area contributed by atoms with Gasteiger partial charge >= 0.3 is 6.18 Å². The maximum atomic E-state index is 13.0. The third-order valence-corrected chi connectivity index (χ3v) is 3.73. The van der Waals surface area contributed by atoms with Gasteiger partial charge in [-0.2, -0.15) is 23.4 Å². The molecule has 1 N–H and O–H groups in total. The zero-order chi connectivity index (χ0) is 20.0. The van der Waals surface area contributed by atoms with Crippen LogP contribution in [0, 0.1) is 10.1 Å². The number of nitro benzene ring substituents is 1. The van der Waals surface area contributed by atoms with E-state index in [0.29, 0.717) is 24.8 Å². The Hall–Kier alpha value is -3.01. The second kappa shape index (κ2) is 8.58. The SMILES string of the molecule is CCN(CCO)c1ccc(N=Nc2ccc([N+](=O)[O-])c(C(F)(F)F)c2)cc1. The number of alkyl halides is 3. The van der Waals surface area contributed by atoms with Crippen LogP contribution in [0.4, 0.5) is 35.9 Å². The van der Waals surface area contributed by atoms with Gasteiger partial charge in [0, 0.05) is 24.8 Å². The molecule has 2 aromatic rings. The Bertz CT molecular complexity index is 823. The summed E-state index contributed by atoms with van der Waals surface area (Å²) in [5, 5.41) is 27.4. The Kier molecular flexibility index (Phi) is 6.45. The van der Waals surface area contributed by atoms with E-state index in [1.807, 2.05) is 11.8 Å². The van der Waals surface area contributed by atoms with Gasteiger partial charge in [-0.25, -0.2) is 0 Å². The highest BCUT2D eigenvalue weighted by atomic mass is 19.4. The first-order chi connectivity index (χ1) is 12.8. The molecule has 0 aliphatic carbocycles. The first-order valence-corrected chi connectivity index (χ1v) is 7.99. The van der Waals surface area contributed by atoms with Crippen LogP contribution in [0.15, 0.2) is 52.7 Å². The lowest BCUT2D eigenvalue weighted by Crippen LogP contribution is -2.25. The molecule has 0 saturated heterocycles. The molecule has 0 fully saturated rings. The summed E-state index contributed by atoms with van der Waals surface area (Å²) in [6.45, 7) is 3.12.